The number of phenols is 1. The molecule has 1 aromatic carbocycles. The van der Waals surface area contributed by atoms with Gasteiger partial charge in [-0.3, -0.25) is 20.2 Å². The summed E-state index contributed by atoms with van der Waals surface area (Å²) in [6.07, 6.45) is 4.84. The predicted molar refractivity (Wildman–Crippen MR) is 84.5 cm³/mol. The summed E-state index contributed by atoms with van der Waals surface area (Å²) in [5, 5.41) is 17.6. The highest BCUT2D eigenvalue weighted by atomic mass is 79.9. The van der Waals surface area contributed by atoms with E-state index in [0.717, 1.165) is 10.0 Å². The molecule has 0 atom stereocenters. The summed E-state index contributed by atoms with van der Waals surface area (Å²) in [6.45, 7) is 0. The molecular weight excluding hydrogens is 354 g/mol. The first-order valence-corrected chi connectivity index (χ1v) is 7.44. The van der Waals surface area contributed by atoms with Gasteiger partial charge in [-0.2, -0.15) is 0 Å². The summed E-state index contributed by atoms with van der Waals surface area (Å²) in [5.74, 6) is -0.486. The average Bonchev–Trinajstić information content (AvgIpc) is 2.49. The van der Waals surface area contributed by atoms with Crippen LogP contribution in [-0.2, 0) is 9.59 Å². The van der Waals surface area contributed by atoms with Crippen LogP contribution in [0.5, 0.6) is 5.75 Å². The molecule has 0 fully saturated rings. The molecule has 0 aliphatic rings. The number of hydroxylamine groups is 1. The number of hydrogen-bond acceptors (Lipinski definition) is 5. The molecule has 7 nitrogen and oxygen atoms in total. The summed E-state index contributed by atoms with van der Waals surface area (Å²) >= 11 is 3.31. The van der Waals surface area contributed by atoms with Crippen LogP contribution >= 0.6 is 15.9 Å². The number of amides is 2. The molecule has 1 rings (SSSR count). The second-order valence-electron chi connectivity index (χ2n) is 4.47. The van der Waals surface area contributed by atoms with Crippen LogP contribution in [0, 0.1) is 0 Å². The van der Waals surface area contributed by atoms with Gasteiger partial charge in [-0.1, -0.05) is 22.0 Å². The van der Waals surface area contributed by atoms with Gasteiger partial charge in [0.15, 0.2) is 0 Å². The first-order chi connectivity index (χ1) is 10.5. The number of aromatic hydroxyl groups is 1. The maximum absolute atomic E-state index is 11.5. The van der Waals surface area contributed by atoms with Crippen molar-refractivity contribution in [3.8, 4) is 5.75 Å². The van der Waals surface area contributed by atoms with Crippen molar-refractivity contribution in [2.45, 2.75) is 25.7 Å². The van der Waals surface area contributed by atoms with Gasteiger partial charge in [0.25, 0.3) is 0 Å². The Labute approximate surface area is 136 Å². The van der Waals surface area contributed by atoms with Crippen molar-refractivity contribution in [1.29, 1.82) is 0 Å². The van der Waals surface area contributed by atoms with Crippen molar-refractivity contribution in [3.05, 3.63) is 34.4 Å². The molecule has 2 amide bonds. The Morgan fingerprint density at radius 3 is 2.50 bits per heavy atom. The highest BCUT2D eigenvalue weighted by Crippen LogP contribution is 2.22. The molecule has 8 heteroatoms. The Hall–Kier alpha value is -2.06. The van der Waals surface area contributed by atoms with E-state index in [1.165, 1.54) is 5.48 Å². The molecule has 0 saturated carbocycles. The zero-order chi connectivity index (χ0) is 16.4. The molecule has 0 spiro atoms. The number of hydrogen-bond donors (Lipinski definition) is 5. The third-order valence-electron chi connectivity index (χ3n) is 2.72. The van der Waals surface area contributed by atoms with Gasteiger partial charge in [0.1, 0.15) is 5.75 Å². The third-order valence-corrected chi connectivity index (χ3v) is 3.41. The van der Waals surface area contributed by atoms with E-state index < -0.39 is 5.91 Å². The quantitative estimate of drug-likeness (QED) is 0.272. The fourth-order valence-electron chi connectivity index (χ4n) is 1.59. The lowest BCUT2D eigenvalue weighted by Crippen LogP contribution is -2.33. The van der Waals surface area contributed by atoms with Crippen LogP contribution in [0.1, 0.15) is 31.2 Å². The highest BCUT2D eigenvalue weighted by Gasteiger charge is 2.02. The number of benzene rings is 1. The van der Waals surface area contributed by atoms with Crippen molar-refractivity contribution in [1.82, 2.24) is 16.3 Å². The molecule has 0 aromatic heterocycles. The van der Waals surface area contributed by atoms with Crippen LogP contribution in [0.2, 0.25) is 0 Å². The SMILES string of the molecule is O=C(CCCCC(=O)NN/C=C/c1ccc(O)cc1Br)NO. The molecular formula is C14H18BrN3O4. The van der Waals surface area contributed by atoms with Crippen molar-refractivity contribution in [3.63, 3.8) is 0 Å². The molecule has 0 aliphatic carbocycles. The van der Waals surface area contributed by atoms with Gasteiger partial charge >= 0.3 is 0 Å². The van der Waals surface area contributed by atoms with Crippen molar-refractivity contribution >= 4 is 33.8 Å². The summed E-state index contributed by atoms with van der Waals surface area (Å²) in [6, 6.07) is 4.86. The summed E-state index contributed by atoms with van der Waals surface area (Å²) < 4.78 is 0.735. The summed E-state index contributed by atoms with van der Waals surface area (Å²) in [5.41, 5.74) is 7.53. The normalized spacial score (nSPS) is 10.5. The summed E-state index contributed by atoms with van der Waals surface area (Å²) in [4.78, 5) is 22.2. The number of halogens is 1. The molecule has 0 aliphatic heterocycles. The molecule has 5 N–H and O–H groups in total. The van der Waals surface area contributed by atoms with Crippen molar-refractivity contribution in [2.75, 3.05) is 0 Å². The second kappa shape index (κ2) is 9.80. The van der Waals surface area contributed by atoms with Gasteiger partial charge in [0, 0.05) is 23.5 Å². The average molecular weight is 372 g/mol. The molecule has 0 radical (unpaired) electrons. The Balaban J connectivity index is 2.21. The van der Waals surface area contributed by atoms with Crippen molar-refractivity contribution in [2.24, 2.45) is 0 Å². The van der Waals surface area contributed by atoms with Crippen LogP contribution in [0.3, 0.4) is 0 Å². The Bertz CT molecular complexity index is 549. The van der Waals surface area contributed by atoms with Gasteiger partial charge in [-0.05, 0) is 36.6 Å². The van der Waals surface area contributed by atoms with Crippen molar-refractivity contribution < 1.29 is 19.9 Å². The number of unbranched alkanes of at least 4 members (excludes halogenated alkanes) is 1. The molecule has 0 heterocycles. The zero-order valence-corrected chi connectivity index (χ0v) is 13.4. The van der Waals surface area contributed by atoms with E-state index in [-0.39, 0.29) is 24.5 Å². The number of hydrazine groups is 1. The van der Waals surface area contributed by atoms with Crippen LogP contribution < -0.4 is 16.3 Å². The van der Waals surface area contributed by atoms with E-state index in [2.05, 4.69) is 26.8 Å². The molecule has 0 unspecified atom stereocenters. The lowest BCUT2D eigenvalue weighted by Gasteiger charge is -2.04. The molecule has 22 heavy (non-hydrogen) atoms. The van der Waals surface area contributed by atoms with E-state index in [1.54, 1.807) is 30.5 Å². The minimum absolute atomic E-state index is 0.167. The standard InChI is InChI=1S/C14H18BrN3O4/c15-12-9-11(19)6-5-10(12)7-8-16-17-13(20)3-1-2-4-14(21)18-22/h5-9,16,19,22H,1-4H2,(H,17,20)(H,18,21)/b8-7+. The Morgan fingerprint density at radius 2 is 1.86 bits per heavy atom. The molecule has 0 bridgehead atoms. The lowest BCUT2D eigenvalue weighted by atomic mass is 10.2. The third kappa shape index (κ3) is 7.09. The van der Waals surface area contributed by atoms with E-state index in [4.69, 9.17) is 5.21 Å². The van der Waals surface area contributed by atoms with Gasteiger partial charge in [0.2, 0.25) is 11.8 Å². The minimum atomic E-state index is -0.457. The number of phenolic OH excluding ortho intramolecular Hbond substituents is 1. The first kappa shape index (κ1) is 18.0. The predicted octanol–water partition coefficient (Wildman–Crippen LogP) is 1.81. The Morgan fingerprint density at radius 1 is 1.18 bits per heavy atom. The summed E-state index contributed by atoms with van der Waals surface area (Å²) in [7, 11) is 0. The van der Waals surface area contributed by atoms with Gasteiger partial charge in [-0.15, -0.1) is 0 Å². The van der Waals surface area contributed by atoms with Crippen LogP contribution in [0.4, 0.5) is 0 Å². The van der Waals surface area contributed by atoms with E-state index in [1.807, 2.05) is 0 Å². The first-order valence-electron chi connectivity index (χ1n) is 6.65. The smallest absolute Gasteiger partial charge is 0.243 e. The fourth-order valence-corrected chi connectivity index (χ4v) is 2.09. The maximum Gasteiger partial charge on any atom is 0.243 e. The monoisotopic (exact) mass is 371 g/mol. The molecule has 120 valence electrons. The zero-order valence-electron chi connectivity index (χ0n) is 11.8. The number of carbonyl (C=O) groups is 2. The van der Waals surface area contributed by atoms with Crippen LogP contribution in [0.25, 0.3) is 6.08 Å². The maximum atomic E-state index is 11.5. The highest BCUT2D eigenvalue weighted by molar-refractivity contribution is 9.10. The topological polar surface area (TPSA) is 111 Å². The van der Waals surface area contributed by atoms with Gasteiger partial charge in [0.05, 0.1) is 0 Å². The van der Waals surface area contributed by atoms with E-state index in [9.17, 15) is 14.7 Å². The van der Waals surface area contributed by atoms with Gasteiger partial charge < -0.3 is 10.5 Å². The largest absolute Gasteiger partial charge is 0.508 e. The molecule has 0 saturated heterocycles. The van der Waals surface area contributed by atoms with Gasteiger partial charge in [-0.25, -0.2) is 5.48 Å². The molecule has 1 aromatic rings. The Kier molecular flexibility index (Phi) is 8.01. The van der Waals surface area contributed by atoms with E-state index in [0.29, 0.717) is 12.8 Å². The van der Waals surface area contributed by atoms with E-state index >= 15 is 0 Å². The number of rotatable bonds is 8. The number of nitrogens with one attached hydrogen (secondary N) is 3. The second-order valence-corrected chi connectivity index (χ2v) is 5.33. The number of carbonyl (C=O) groups excluding carboxylic acids is 2. The van der Waals surface area contributed by atoms with Crippen LogP contribution in [0.15, 0.2) is 28.9 Å². The fraction of sp³-hybridized carbons (Fsp3) is 0.286. The minimum Gasteiger partial charge on any atom is -0.508 e. The van der Waals surface area contributed by atoms with Crippen LogP contribution in [-0.4, -0.2) is 22.1 Å². The lowest BCUT2D eigenvalue weighted by molar-refractivity contribution is -0.129.